The van der Waals surface area contributed by atoms with E-state index in [0.29, 0.717) is 12.8 Å². The Kier molecular flexibility index (Phi) is 13.4. The van der Waals surface area contributed by atoms with Crippen LogP contribution < -0.4 is 5.32 Å². The van der Waals surface area contributed by atoms with Crippen molar-refractivity contribution in [3.63, 3.8) is 0 Å². The summed E-state index contributed by atoms with van der Waals surface area (Å²) >= 11 is 0. The minimum Gasteiger partial charge on any atom is -0.481 e. The molecule has 0 aliphatic carbocycles. The zero-order valence-electron chi connectivity index (χ0n) is 20.5. The number of pyridine rings is 1. The number of nitrogens with one attached hydrogen (secondary N) is 2. The molecule has 0 aliphatic rings. The Morgan fingerprint density at radius 3 is 2.38 bits per heavy atom. The SMILES string of the molecule is CC.CN(CC(=O)NCCC(=O)O)C(=O)CCCc1ccncc1.Cc1c[nH]c2ccccc12. The van der Waals surface area contributed by atoms with Crippen LogP contribution in [0.2, 0.25) is 0 Å². The summed E-state index contributed by atoms with van der Waals surface area (Å²) in [6.45, 7) is 6.12. The van der Waals surface area contributed by atoms with Gasteiger partial charge in [-0.05, 0) is 49.1 Å². The highest BCUT2D eigenvalue weighted by molar-refractivity contribution is 5.85. The van der Waals surface area contributed by atoms with Crippen LogP contribution in [0.15, 0.2) is 55.0 Å². The maximum Gasteiger partial charge on any atom is 0.305 e. The number of para-hydroxylation sites is 1. The molecule has 2 aromatic heterocycles. The summed E-state index contributed by atoms with van der Waals surface area (Å²) in [4.78, 5) is 42.2. The molecule has 0 atom stereocenters. The minimum atomic E-state index is -0.971. The number of carboxylic acids is 1. The van der Waals surface area contributed by atoms with E-state index in [4.69, 9.17) is 5.11 Å². The van der Waals surface area contributed by atoms with E-state index < -0.39 is 5.97 Å². The maximum absolute atomic E-state index is 11.9. The molecule has 0 radical (unpaired) electrons. The number of fused-ring (bicyclic) bond motifs is 1. The van der Waals surface area contributed by atoms with Crippen LogP contribution >= 0.6 is 0 Å². The third-order valence-electron chi connectivity index (χ3n) is 4.87. The molecule has 0 spiro atoms. The number of nitrogens with zero attached hydrogens (tertiary/aromatic N) is 2. The highest BCUT2D eigenvalue weighted by Crippen LogP contribution is 2.15. The highest BCUT2D eigenvalue weighted by atomic mass is 16.4. The van der Waals surface area contributed by atoms with E-state index in [1.54, 1.807) is 19.4 Å². The number of benzene rings is 1. The number of aromatic amines is 1. The highest BCUT2D eigenvalue weighted by Gasteiger charge is 2.12. The van der Waals surface area contributed by atoms with Crippen molar-refractivity contribution in [2.24, 2.45) is 0 Å². The van der Waals surface area contributed by atoms with E-state index in [1.165, 1.54) is 21.4 Å². The molecular formula is C26H36N4O4. The van der Waals surface area contributed by atoms with E-state index in [-0.39, 0.29) is 31.3 Å². The van der Waals surface area contributed by atoms with Crippen molar-refractivity contribution in [3.05, 3.63) is 66.1 Å². The third-order valence-corrected chi connectivity index (χ3v) is 4.87. The van der Waals surface area contributed by atoms with E-state index in [2.05, 4.69) is 40.4 Å². The maximum atomic E-state index is 11.9. The summed E-state index contributed by atoms with van der Waals surface area (Å²) in [5.41, 5.74) is 3.66. The van der Waals surface area contributed by atoms with Crippen LogP contribution in [0.3, 0.4) is 0 Å². The smallest absolute Gasteiger partial charge is 0.305 e. The normalized spacial score (nSPS) is 9.76. The fourth-order valence-corrected chi connectivity index (χ4v) is 3.07. The average molecular weight is 469 g/mol. The van der Waals surface area contributed by atoms with Gasteiger partial charge in [0.25, 0.3) is 0 Å². The number of hydrogen-bond acceptors (Lipinski definition) is 4. The minimum absolute atomic E-state index is 0.0618. The third kappa shape index (κ3) is 10.8. The Morgan fingerprint density at radius 1 is 1.06 bits per heavy atom. The summed E-state index contributed by atoms with van der Waals surface area (Å²) in [6.07, 6.45) is 7.18. The fraction of sp³-hybridized carbons (Fsp3) is 0.385. The van der Waals surface area contributed by atoms with Crippen molar-refractivity contribution in [2.45, 2.75) is 46.5 Å². The van der Waals surface area contributed by atoms with E-state index >= 15 is 0 Å². The lowest BCUT2D eigenvalue weighted by Gasteiger charge is -2.16. The molecule has 2 amide bonds. The number of H-pyrrole nitrogens is 1. The molecule has 0 saturated heterocycles. The van der Waals surface area contributed by atoms with Gasteiger partial charge in [0.05, 0.1) is 13.0 Å². The van der Waals surface area contributed by atoms with Gasteiger partial charge in [-0.25, -0.2) is 0 Å². The van der Waals surface area contributed by atoms with Crippen LogP contribution in [0.1, 0.15) is 44.2 Å². The second kappa shape index (κ2) is 16.0. The molecule has 2 heterocycles. The van der Waals surface area contributed by atoms with Crippen molar-refractivity contribution in [1.82, 2.24) is 20.2 Å². The summed E-state index contributed by atoms with van der Waals surface area (Å²) in [5.74, 6) is -1.44. The number of aromatic nitrogens is 2. The molecule has 0 saturated carbocycles. The van der Waals surface area contributed by atoms with Crippen LogP contribution in [0.25, 0.3) is 10.9 Å². The van der Waals surface area contributed by atoms with Crippen molar-refractivity contribution in [3.8, 4) is 0 Å². The van der Waals surface area contributed by atoms with Gasteiger partial charge >= 0.3 is 5.97 Å². The molecule has 0 bridgehead atoms. The number of aryl methyl sites for hydroxylation is 2. The van der Waals surface area contributed by atoms with Crippen LogP contribution in [0.5, 0.6) is 0 Å². The van der Waals surface area contributed by atoms with Gasteiger partial charge in [0.2, 0.25) is 11.8 Å². The van der Waals surface area contributed by atoms with Gasteiger partial charge in [0, 0.05) is 49.5 Å². The molecule has 8 nitrogen and oxygen atoms in total. The predicted octanol–water partition coefficient (Wildman–Crippen LogP) is 3.96. The largest absolute Gasteiger partial charge is 0.481 e. The molecule has 3 N–H and O–H groups in total. The number of likely N-dealkylation sites (N-methyl/N-ethyl adjacent to an activating group) is 1. The molecule has 3 rings (SSSR count). The van der Waals surface area contributed by atoms with Crippen LogP contribution in [0, 0.1) is 6.92 Å². The van der Waals surface area contributed by atoms with Crippen molar-refractivity contribution < 1.29 is 19.5 Å². The number of carbonyl (C=O) groups excluding carboxylic acids is 2. The Balaban J connectivity index is 0.000000395. The molecule has 1 aromatic carbocycles. The average Bonchev–Trinajstić information content (AvgIpc) is 3.22. The monoisotopic (exact) mass is 468 g/mol. The van der Waals surface area contributed by atoms with Gasteiger partial charge in [-0.3, -0.25) is 19.4 Å². The standard InChI is InChI=1S/C15H21N3O4.C9H9N.C2H6/c1-18(11-13(19)17-10-7-15(21)22)14(20)4-2-3-12-5-8-16-9-6-12;1-7-6-10-9-5-3-2-4-8(7)9;1-2/h5-6,8-9H,2-4,7,10-11H2,1H3,(H,17,19)(H,21,22);2-6,10H,1H3;1-2H3. The molecule has 184 valence electrons. The summed E-state index contributed by atoms with van der Waals surface area (Å²) in [5, 5.41) is 12.3. The van der Waals surface area contributed by atoms with Gasteiger partial charge in [-0.15, -0.1) is 0 Å². The number of rotatable bonds is 9. The lowest BCUT2D eigenvalue weighted by atomic mass is 10.1. The number of amides is 2. The van der Waals surface area contributed by atoms with Gasteiger partial charge in [-0.1, -0.05) is 32.0 Å². The van der Waals surface area contributed by atoms with Crippen molar-refractivity contribution in [1.29, 1.82) is 0 Å². The molecular weight excluding hydrogens is 432 g/mol. The zero-order valence-corrected chi connectivity index (χ0v) is 20.5. The molecule has 0 aliphatic heterocycles. The topological polar surface area (TPSA) is 115 Å². The first kappa shape index (κ1) is 28.4. The molecule has 0 unspecified atom stereocenters. The Morgan fingerprint density at radius 2 is 1.74 bits per heavy atom. The number of carboxylic acid groups (broad SMARTS) is 1. The van der Waals surface area contributed by atoms with E-state index in [9.17, 15) is 14.4 Å². The first-order valence-electron chi connectivity index (χ1n) is 11.5. The van der Waals surface area contributed by atoms with Gasteiger partial charge < -0.3 is 20.3 Å². The second-order valence-electron chi connectivity index (χ2n) is 7.47. The van der Waals surface area contributed by atoms with Gasteiger partial charge in [0.1, 0.15) is 0 Å². The lowest BCUT2D eigenvalue weighted by Crippen LogP contribution is -2.38. The summed E-state index contributed by atoms with van der Waals surface area (Å²) < 4.78 is 0. The molecule has 34 heavy (non-hydrogen) atoms. The fourth-order valence-electron chi connectivity index (χ4n) is 3.07. The quantitative estimate of drug-likeness (QED) is 0.440. The summed E-state index contributed by atoms with van der Waals surface area (Å²) in [6, 6.07) is 12.1. The second-order valence-corrected chi connectivity index (χ2v) is 7.47. The first-order chi connectivity index (χ1) is 16.4. The van der Waals surface area contributed by atoms with Gasteiger partial charge in [-0.2, -0.15) is 0 Å². The Hall–Kier alpha value is -3.68. The predicted molar refractivity (Wildman–Crippen MR) is 134 cm³/mol. The van der Waals surface area contributed by atoms with Crippen LogP contribution in [-0.2, 0) is 20.8 Å². The number of aliphatic carboxylic acids is 1. The lowest BCUT2D eigenvalue weighted by molar-refractivity contribution is -0.137. The van der Waals surface area contributed by atoms with Crippen LogP contribution in [-0.4, -0.2) is 57.9 Å². The van der Waals surface area contributed by atoms with E-state index in [1.807, 2.05) is 38.2 Å². The molecule has 8 heteroatoms. The number of hydrogen-bond donors (Lipinski definition) is 3. The van der Waals surface area contributed by atoms with Gasteiger partial charge in [0.15, 0.2) is 0 Å². The molecule has 3 aromatic rings. The first-order valence-corrected chi connectivity index (χ1v) is 11.5. The Labute approximate surface area is 201 Å². The molecule has 0 fully saturated rings. The van der Waals surface area contributed by atoms with Crippen molar-refractivity contribution >= 4 is 28.7 Å². The van der Waals surface area contributed by atoms with Crippen LogP contribution in [0.4, 0.5) is 0 Å². The number of carbonyl (C=O) groups is 3. The van der Waals surface area contributed by atoms with Crippen molar-refractivity contribution in [2.75, 3.05) is 20.1 Å². The zero-order chi connectivity index (χ0) is 25.3. The summed E-state index contributed by atoms with van der Waals surface area (Å²) in [7, 11) is 1.56. The Bertz CT molecular complexity index is 1020. The van der Waals surface area contributed by atoms with E-state index in [0.717, 1.165) is 12.0 Å².